The Labute approximate surface area is 156 Å². The molecule has 1 N–H and O–H groups in total. The summed E-state index contributed by atoms with van der Waals surface area (Å²) in [4.78, 5) is 16.2. The van der Waals surface area contributed by atoms with Crippen LogP contribution in [0.25, 0.3) is 11.2 Å². The minimum absolute atomic E-state index is 0.257. The first-order valence-corrected chi connectivity index (χ1v) is 9.22. The molecule has 142 valence electrons. The predicted octanol–water partition coefficient (Wildman–Crippen LogP) is 2.37. The molecule has 0 aliphatic carbocycles. The van der Waals surface area contributed by atoms with E-state index in [1.54, 1.807) is 30.0 Å². The van der Waals surface area contributed by atoms with Crippen LogP contribution in [0, 0.1) is 0 Å². The number of fused-ring (bicyclic) bond motifs is 2. The molecule has 0 fully saturated rings. The van der Waals surface area contributed by atoms with Crippen LogP contribution in [0.3, 0.4) is 0 Å². The van der Waals surface area contributed by atoms with E-state index in [9.17, 15) is 4.79 Å². The zero-order valence-corrected chi connectivity index (χ0v) is 15.3. The Bertz CT molecular complexity index is 965. The van der Waals surface area contributed by atoms with E-state index in [1.165, 1.54) is 0 Å². The lowest BCUT2D eigenvalue weighted by atomic mass is 10.0. The summed E-state index contributed by atoms with van der Waals surface area (Å²) in [6.45, 7) is 2.11. The van der Waals surface area contributed by atoms with Gasteiger partial charge in [-0.05, 0) is 50.1 Å². The molecule has 0 spiro atoms. The molecule has 7 heteroatoms. The van der Waals surface area contributed by atoms with Crippen LogP contribution in [-0.4, -0.2) is 35.9 Å². The van der Waals surface area contributed by atoms with Crippen LogP contribution >= 0.6 is 0 Å². The molecule has 3 aromatic rings. The van der Waals surface area contributed by atoms with Crippen molar-refractivity contribution in [2.24, 2.45) is 0 Å². The van der Waals surface area contributed by atoms with Crippen molar-refractivity contribution < 1.29 is 13.9 Å². The molecule has 0 saturated heterocycles. The van der Waals surface area contributed by atoms with Gasteiger partial charge in [0.15, 0.2) is 11.2 Å². The molecular weight excluding hydrogens is 346 g/mol. The van der Waals surface area contributed by atoms with E-state index < -0.39 is 0 Å². The number of aryl methyl sites for hydroxylation is 1. The summed E-state index contributed by atoms with van der Waals surface area (Å²) in [6, 6.07) is 9.67. The Morgan fingerprint density at radius 1 is 1.30 bits per heavy atom. The Morgan fingerprint density at radius 2 is 2.22 bits per heavy atom. The highest BCUT2D eigenvalue weighted by atomic mass is 16.5. The second-order valence-corrected chi connectivity index (χ2v) is 6.65. The molecule has 2 aromatic heterocycles. The first-order chi connectivity index (χ1) is 13.3. The van der Waals surface area contributed by atoms with Gasteiger partial charge < -0.3 is 19.2 Å². The van der Waals surface area contributed by atoms with Gasteiger partial charge in [-0.15, -0.1) is 0 Å². The molecule has 0 bridgehead atoms. The normalized spacial score (nSPS) is 16.1. The topological polar surface area (TPSA) is 78.5 Å². The molecule has 0 saturated carbocycles. The van der Waals surface area contributed by atoms with Gasteiger partial charge >= 0.3 is 5.76 Å². The lowest BCUT2D eigenvalue weighted by Gasteiger charge is -2.27. The molecular formula is C20H23N3O4. The molecule has 0 radical (unpaired) electrons. The van der Waals surface area contributed by atoms with Crippen LogP contribution < -0.4 is 20.5 Å². The van der Waals surface area contributed by atoms with Crippen LogP contribution in [0.2, 0.25) is 0 Å². The van der Waals surface area contributed by atoms with Gasteiger partial charge in [0.2, 0.25) is 0 Å². The highest BCUT2D eigenvalue weighted by Crippen LogP contribution is 2.32. The molecule has 3 heterocycles. The Hall–Kier alpha value is -2.80. The number of rotatable bonds is 7. The number of pyridine rings is 1. The van der Waals surface area contributed by atoms with Crippen LogP contribution in [0.5, 0.6) is 11.5 Å². The summed E-state index contributed by atoms with van der Waals surface area (Å²) in [7, 11) is 1.68. The number of methoxy groups -OCH3 is 1. The predicted molar refractivity (Wildman–Crippen MR) is 101 cm³/mol. The van der Waals surface area contributed by atoms with Gasteiger partial charge in [0.1, 0.15) is 18.1 Å². The minimum Gasteiger partial charge on any atom is -0.496 e. The van der Waals surface area contributed by atoms with Crippen LogP contribution in [0.1, 0.15) is 18.4 Å². The zero-order valence-electron chi connectivity index (χ0n) is 15.3. The fourth-order valence-electron chi connectivity index (χ4n) is 3.50. The first-order valence-electron chi connectivity index (χ1n) is 9.22. The lowest BCUT2D eigenvalue weighted by molar-refractivity contribution is 0.234. The summed E-state index contributed by atoms with van der Waals surface area (Å²) >= 11 is 0. The number of aromatic nitrogens is 2. The second kappa shape index (κ2) is 7.84. The van der Waals surface area contributed by atoms with E-state index in [4.69, 9.17) is 13.9 Å². The monoisotopic (exact) mass is 369 g/mol. The van der Waals surface area contributed by atoms with Crippen molar-refractivity contribution in [3.8, 4) is 11.5 Å². The number of hydrogen-bond acceptors (Lipinski definition) is 6. The van der Waals surface area contributed by atoms with Crippen LogP contribution in [0.4, 0.5) is 0 Å². The van der Waals surface area contributed by atoms with E-state index in [0.29, 0.717) is 24.4 Å². The van der Waals surface area contributed by atoms with E-state index in [1.807, 2.05) is 18.2 Å². The van der Waals surface area contributed by atoms with Gasteiger partial charge in [0.05, 0.1) is 7.11 Å². The molecule has 7 nitrogen and oxygen atoms in total. The number of nitrogens with one attached hydrogen (secondary N) is 1. The third-order valence-corrected chi connectivity index (χ3v) is 4.87. The molecule has 1 aromatic carbocycles. The summed E-state index contributed by atoms with van der Waals surface area (Å²) in [5.74, 6) is 1.44. The highest BCUT2D eigenvalue weighted by molar-refractivity contribution is 5.67. The maximum atomic E-state index is 11.9. The molecule has 1 atom stereocenters. The Balaban J connectivity index is 1.27. The summed E-state index contributed by atoms with van der Waals surface area (Å²) < 4.78 is 18.1. The van der Waals surface area contributed by atoms with Crippen molar-refractivity contribution in [3.63, 3.8) is 0 Å². The summed E-state index contributed by atoms with van der Waals surface area (Å²) in [6.07, 6.45) is 4.37. The Morgan fingerprint density at radius 3 is 3.11 bits per heavy atom. The number of oxazole rings is 1. The van der Waals surface area contributed by atoms with Crippen molar-refractivity contribution in [3.05, 3.63) is 52.6 Å². The number of ether oxygens (including phenoxy) is 2. The maximum Gasteiger partial charge on any atom is 0.421 e. The fourth-order valence-corrected chi connectivity index (χ4v) is 3.50. The Kier molecular flexibility index (Phi) is 5.11. The molecule has 1 aliphatic rings. The number of hydrogen-bond donors (Lipinski definition) is 1. The quantitative estimate of drug-likeness (QED) is 0.644. The summed E-state index contributed by atoms with van der Waals surface area (Å²) in [5, 5.41) is 3.54. The van der Waals surface area contributed by atoms with Gasteiger partial charge in [-0.1, -0.05) is 6.07 Å². The van der Waals surface area contributed by atoms with E-state index in [-0.39, 0.29) is 11.8 Å². The van der Waals surface area contributed by atoms with Crippen molar-refractivity contribution in [1.29, 1.82) is 0 Å². The SMILES string of the molecule is COc1cccc2c1CC(NCCCCn1c(=O)oc3cccnc31)CO2. The zero-order chi connectivity index (χ0) is 18.6. The third kappa shape index (κ3) is 3.68. The smallest absolute Gasteiger partial charge is 0.421 e. The van der Waals surface area contributed by atoms with Crippen molar-refractivity contribution in [2.45, 2.75) is 31.8 Å². The summed E-state index contributed by atoms with van der Waals surface area (Å²) in [5.41, 5.74) is 2.26. The maximum absolute atomic E-state index is 11.9. The molecule has 1 aliphatic heterocycles. The lowest BCUT2D eigenvalue weighted by Crippen LogP contribution is -2.39. The second-order valence-electron chi connectivity index (χ2n) is 6.65. The van der Waals surface area contributed by atoms with Gasteiger partial charge in [0.25, 0.3) is 0 Å². The highest BCUT2D eigenvalue weighted by Gasteiger charge is 2.22. The van der Waals surface area contributed by atoms with Gasteiger partial charge in [-0.2, -0.15) is 0 Å². The van der Waals surface area contributed by atoms with Crippen molar-refractivity contribution in [1.82, 2.24) is 14.9 Å². The minimum atomic E-state index is -0.346. The van der Waals surface area contributed by atoms with Gasteiger partial charge in [-0.25, -0.2) is 9.78 Å². The third-order valence-electron chi connectivity index (χ3n) is 4.87. The number of nitrogens with zero attached hydrogens (tertiary/aromatic N) is 2. The molecule has 27 heavy (non-hydrogen) atoms. The standard InChI is InChI=1S/C20H23N3O4/c1-25-16-6-4-7-17-15(16)12-14(13-26-17)21-9-2-3-11-23-19-18(27-20(23)24)8-5-10-22-19/h4-8,10,14,21H,2-3,9,11-13H2,1H3. The number of benzene rings is 1. The van der Waals surface area contributed by atoms with Crippen LogP contribution in [-0.2, 0) is 13.0 Å². The van der Waals surface area contributed by atoms with Crippen LogP contribution in [0.15, 0.2) is 45.7 Å². The van der Waals surface area contributed by atoms with E-state index >= 15 is 0 Å². The largest absolute Gasteiger partial charge is 0.496 e. The number of unbranched alkanes of at least 4 members (excludes halogenated alkanes) is 1. The van der Waals surface area contributed by atoms with Gasteiger partial charge in [-0.3, -0.25) is 4.57 Å². The first kappa shape index (κ1) is 17.6. The average molecular weight is 369 g/mol. The van der Waals surface area contributed by atoms with E-state index in [2.05, 4.69) is 10.3 Å². The fraction of sp³-hybridized carbons (Fsp3) is 0.400. The molecule has 4 rings (SSSR count). The molecule has 1 unspecified atom stereocenters. The molecule has 0 amide bonds. The van der Waals surface area contributed by atoms with Crippen molar-refractivity contribution in [2.75, 3.05) is 20.3 Å². The van der Waals surface area contributed by atoms with Gasteiger partial charge in [0, 0.05) is 24.3 Å². The average Bonchev–Trinajstić information content (AvgIpc) is 3.02. The van der Waals surface area contributed by atoms with Crippen molar-refractivity contribution >= 4 is 11.2 Å². The van der Waals surface area contributed by atoms with E-state index in [0.717, 1.165) is 42.9 Å².